The predicted molar refractivity (Wildman–Crippen MR) is 115 cm³/mol. The van der Waals surface area contributed by atoms with Crippen LogP contribution in [-0.2, 0) is 17.7 Å². The summed E-state index contributed by atoms with van der Waals surface area (Å²) in [6.07, 6.45) is 5.75. The number of fused-ring (bicyclic) bond motifs is 1. The molecule has 3 heterocycles. The minimum absolute atomic E-state index is 0.0891. The van der Waals surface area contributed by atoms with E-state index in [-0.39, 0.29) is 24.4 Å². The van der Waals surface area contributed by atoms with E-state index in [0.717, 1.165) is 42.9 Å². The summed E-state index contributed by atoms with van der Waals surface area (Å²) in [4.78, 5) is 11.8. The van der Waals surface area contributed by atoms with Gasteiger partial charge in [0.05, 0.1) is 11.8 Å². The molecule has 162 valence electrons. The fourth-order valence-electron chi connectivity index (χ4n) is 3.77. The average Bonchev–Trinajstić information content (AvgIpc) is 3.44. The van der Waals surface area contributed by atoms with Crippen LogP contribution in [-0.4, -0.2) is 40.1 Å². The molecule has 0 bridgehead atoms. The third-order valence-electron chi connectivity index (χ3n) is 5.68. The van der Waals surface area contributed by atoms with Crippen LogP contribution in [0.1, 0.15) is 45.5 Å². The molecule has 0 atom stereocenters. The van der Waals surface area contributed by atoms with E-state index in [4.69, 9.17) is 9.84 Å². The monoisotopic (exact) mass is 423 g/mol. The summed E-state index contributed by atoms with van der Waals surface area (Å²) in [5.74, 6) is -0.465. The number of hydrogen-bond acceptors (Lipinski definition) is 4. The molecular weight excluding hydrogens is 397 g/mol. The number of aliphatic hydroxyl groups is 1. The van der Waals surface area contributed by atoms with Gasteiger partial charge in [-0.3, -0.25) is 4.79 Å². The first kappa shape index (κ1) is 21.2. The summed E-state index contributed by atoms with van der Waals surface area (Å²) < 4.78 is 21.3. The van der Waals surface area contributed by atoms with Crippen LogP contribution < -0.4 is 5.32 Å². The second-order valence-electron chi connectivity index (χ2n) is 7.82. The molecule has 0 spiro atoms. The molecule has 2 aliphatic rings. The van der Waals surface area contributed by atoms with E-state index in [1.807, 2.05) is 42.6 Å². The molecule has 1 amide bonds. The molecule has 3 aromatic rings. The Morgan fingerprint density at radius 3 is 2.61 bits per heavy atom. The molecule has 2 aliphatic heterocycles. The summed E-state index contributed by atoms with van der Waals surface area (Å²) in [5.41, 5.74) is 4.43. The fraction of sp³-hybridized carbons (Fsp3) is 0.333. The summed E-state index contributed by atoms with van der Waals surface area (Å²) in [7, 11) is 0. The molecule has 0 aliphatic carbocycles. The Morgan fingerprint density at radius 2 is 2.00 bits per heavy atom. The van der Waals surface area contributed by atoms with Crippen LogP contribution in [0, 0.1) is 12.7 Å². The van der Waals surface area contributed by atoms with Gasteiger partial charge in [0, 0.05) is 43.3 Å². The lowest BCUT2D eigenvalue weighted by Gasteiger charge is -2.15. The SMILES string of the molecule is Cc1c(Cc2ccc(-n3cccn3)cc2)cc2c(c1F)CNC2=O.OC1CCOCC1. The van der Waals surface area contributed by atoms with Gasteiger partial charge in [0.1, 0.15) is 5.82 Å². The normalized spacial score (nSPS) is 15.8. The molecule has 2 aromatic carbocycles. The maximum atomic E-state index is 14.5. The predicted octanol–water partition coefficient (Wildman–Crippen LogP) is 3.31. The van der Waals surface area contributed by atoms with Gasteiger partial charge < -0.3 is 15.2 Å². The highest BCUT2D eigenvalue weighted by Gasteiger charge is 2.25. The van der Waals surface area contributed by atoms with Crippen LogP contribution in [0.5, 0.6) is 0 Å². The summed E-state index contributed by atoms with van der Waals surface area (Å²) in [6.45, 7) is 3.52. The Kier molecular flexibility index (Phi) is 6.44. The van der Waals surface area contributed by atoms with Crippen molar-refractivity contribution in [2.75, 3.05) is 13.2 Å². The quantitative estimate of drug-likeness (QED) is 0.678. The zero-order valence-corrected chi connectivity index (χ0v) is 17.5. The highest BCUT2D eigenvalue weighted by atomic mass is 19.1. The zero-order valence-electron chi connectivity index (χ0n) is 17.5. The first-order chi connectivity index (χ1) is 15.0. The smallest absolute Gasteiger partial charge is 0.252 e. The van der Waals surface area contributed by atoms with Crippen molar-refractivity contribution in [3.05, 3.63) is 82.4 Å². The zero-order chi connectivity index (χ0) is 21.8. The third-order valence-corrected chi connectivity index (χ3v) is 5.68. The number of rotatable bonds is 3. The number of nitrogens with one attached hydrogen (secondary N) is 1. The highest BCUT2D eigenvalue weighted by molar-refractivity contribution is 5.98. The molecule has 0 radical (unpaired) electrons. The van der Waals surface area contributed by atoms with Crippen LogP contribution in [0.3, 0.4) is 0 Å². The second-order valence-corrected chi connectivity index (χ2v) is 7.82. The highest BCUT2D eigenvalue weighted by Crippen LogP contribution is 2.27. The number of aliphatic hydroxyl groups excluding tert-OH is 1. The Bertz CT molecular complexity index is 1040. The van der Waals surface area contributed by atoms with Crippen LogP contribution >= 0.6 is 0 Å². The molecule has 1 aromatic heterocycles. The number of halogens is 1. The number of nitrogens with zero attached hydrogens (tertiary/aromatic N) is 2. The minimum Gasteiger partial charge on any atom is -0.393 e. The van der Waals surface area contributed by atoms with E-state index in [2.05, 4.69) is 10.4 Å². The number of benzene rings is 2. The standard InChI is InChI=1S/C19H16FN3O.C5H10O2/c1-12-14(10-16-17(18(12)20)11-21-19(16)24)9-13-3-5-15(6-4-13)23-8-2-7-22-23;6-5-1-3-7-4-2-5/h2-8,10H,9,11H2,1H3,(H,21,24);5-6H,1-4H2. The van der Waals surface area contributed by atoms with E-state index in [1.165, 1.54) is 0 Å². The Labute approximate surface area is 180 Å². The van der Waals surface area contributed by atoms with Crippen molar-refractivity contribution in [3.8, 4) is 5.69 Å². The molecule has 1 saturated heterocycles. The second kappa shape index (κ2) is 9.41. The van der Waals surface area contributed by atoms with Crippen molar-refractivity contribution in [1.29, 1.82) is 0 Å². The van der Waals surface area contributed by atoms with E-state index in [0.29, 0.717) is 23.1 Å². The molecule has 7 heteroatoms. The maximum Gasteiger partial charge on any atom is 0.252 e. The van der Waals surface area contributed by atoms with Crippen LogP contribution in [0.25, 0.3) is 5.69 Å². The topological polar surface area (TPSA) is 76.4 Å². The van der Waals surface area contributed by atoms with E-state index >= 15 is 0 Å². The minimum atomic E-state index is -0.269. The van der Waals surface area contributed by atoms with Gasteiger partial charge in [-0.25, -0.2) is 9.07 Å². The summed E-state index contributed by atoms with van der Waals surface area (Å²) in [5, 5.41) is 15.7. The molecule has 2 N–H and O–H groups in total. The molecule has 0 unspecified atom stereocenters. The third kappa shape index (κ3) is 4.84. The largest absolute Gasteiger partial charge is 0.393 e. The lowest BCUT2D eigenvalue weighted by Crippen LogP contribution is -2.19. The number of carbonyl (C=O) groups excluding carboxylic acids is 1. The molecule has 5 rings (SSSR count). The van der Waals surface area contributed by atoms with Crippen LogP contribution in [0.15, 0.2) is 48.8 Å². The van der Waals surface area contributed by atoms with E-state index in [1.54, 1.807) is 17.8 Å². The molecule has 1 fully saturated rings. The van der Waals surface area contributed by atoms with Crippen molar-refractivity contribution in [3.63, 3.8) is 0 Å². The lowest BCUT2D eigenvalue weighted by atomic mass is 9.95. The van der Waals surface area contributed by atoms with Crippen molar-refractivity contribution in [2.45, 2.75) is 38.8 Å². The molecule has 6 nitrogen and oxygen atoms in total. The number of aromatic nitrogens is 2. The fourth-order valence-corrected chi connectivity index (χ4v) is 3.77. The summed E-state index contributed by atoms with van der Waals surface area (Å²) in [6, 6.07) is 11.7. The van der Waals surface area contributed by atoms with Crippen molar-refractivity contribution in [1.82, 2.24) is 15.1 Å². The number of hydrogen-bond donors (Lipinski definition) is 2. The number of ether oxygens (including phenoxy) is 1. The van der Waals surface area contributed by atoms with Crippen molar-refractivity contribution in [2.24, 2.45) is 0 Å². The van der Waals surface area contributed by atoms with Crippen LogP contribution in [0.2, 0.25) is 0 Å². The number of amides is 1. The van der Waals surface area contributed by atoms with Gasteiger partial charge in [0.2, 0.25) is 0 Å². The van der Waals surface area contributed by atoms with Crippen LogP contribution in [0.4, 0.5) is 4.39 Å². The molecule has 31 heavy (non-hydrogen) atoms. The molecule has 0 saturated carbocycles. The van der Waals surface area contributed by atoms with Crippen molar-refractivity contribution < 1.29 is 19.0 Å². The van der Waals surface area contributed by atoms with Gasteiger partial charge in [-0.05, 0) is 67.1 Å². The molecular formula is C24H26FN3O3. The van der Waals surface area contributed by atoms with Gasteiger partial charge >= 0.3 is 0 Å². The van der Waals surface area contributed by atoms with Gasteiger partial charge in [-0.1, -0.05) is 12.1 Å². The summed E-state index contributed by atoms with van der Waals surface area (Å²) >= 11 is 0. The first-order valence-corrected chi connectivity index (χ1v) is 10.5. The Balaban J connectivity index is 0.000000282. The van der Waals surface area contributed by atoms with Gasteiger partial charge in [-0.15, -0.1) is 0 Å². The van der Waals surface area contributed by atoms with Gasteiger partial charge in [0.15, 0.2) is 0 Å². The first-order valence-electron chi connectivity index (χ1n) is 10.5. The Morgan fingerprint density at radius 1 is 1.26 bits per heavy atom. The Hall–Kier alpha value is -3.03. The van der Waals surface area contributed by atoms with E-state index < -0.39 is 0 Å². The maximum absolute atomic E-state index is 14.5. The van der Waals surface area contributed by atoms with Gasteiger partial charge in [0.25, 0.3) is 5.91 Å². The van der Waals surface area contributed by atoms with Gasteiger partial charge in [-0.2, -0.15) is 5.10 Å². The van der Waals surface area contributed by atoms with Crippen molar-refractivity contribution >= 4 is 5.91 Å². The average molecular weight is 423 g/mol. The van der Waals surface area contributed by atoms with E-state index in [9.17, 15) is 9.18 Å². The number of carbonyl (C=O) groups is 1. The lowest BCUT2D eigenvalue weighted by molar-refractivity contribution is 0.0140.